The SMILES string of the molecule is Cc1cc(NC(=O)N2CCC[C@@H]2c2ccc(C(C)(C)C)cc2)no1. The molecule has 1 atom stereocenters. The Balaban J connectivity index is 1.74. The van der Waals surface area contributed by atoms with Crippen LogP contribution in [0.25, 0.3) is 0 Å². The maximum atomic E-state index is 12.6. The minimum Gasteiger partial charge on any atom is -0.360 e. The van der Waals surface area contributed by atoms with Gasteiger partial charge in [0.2, 0.25) is 0 Å². The third-order valence-corrected chi connectivity index (χ3v) is 4.54. The second kappa shape index (κ2) is 6.30. The molecule has 0 unspecified atom stereocenters. The van der Waals surface area contributed by atoms with Crippen molar-refractivity contribution in [2.75, 3.05) is 11.9 Å². The summed E-state index contributed by atoms with van der Waals surface area (Å²) < 4.78 is 5.00. The van der Waals surface area contributed by atoms with E-state index in [-0.39, 0.29) is 17.5 Å². The van der Waals surface area contributed by atoms with Crippen molar-refractivity contribution >= 4 is 11.8 Å². The third kappa shape index (κ3) is 3.45. The molecular weight excluding hydrogens is 302 g/mol. The molecule has 0 spiro atoms. The van der Waals surface area contributed by atoms with E-state index in [0.29, 0.717) is 11.6 Å². The van der Waals surface area contributed by atoms with Crippen LogP contribution in [0.4, 0.5) is 10.6 Å². The van der Waals surface area contributed by atoms with Crippen LogP contribution in [0, 0.1) is 6.92 Å². The van der Waals surface area contributed by atoms with Gasteiger partial charge in [0.1, 0.15) is 5.76 Å². The van der Waals surface area contributed by atoms with Crippen LogP contribution in [0.1, 0.15) is 56.5 Å². The van der Waals surface area contributed by atoms with Crippen LogP contribution in [0.15, 0.2) is 34.9 Å². The second-order valence-corrected chi connectivity index (χ2v) is 7.48. The molecule has 128 valence electrons. The normalized spacial score (nSPS) is 18.0. The van der Waals surface area contributed by atoms with E-state index in [4.69, 9.17) is 4.52 Å². The standard InChI is InChI=1S/C19H25N3O2/c1-13-12-17(21-24-13)20-18(23)22-11-5-6-16(22)14-7-9-15(10-8-14)19(2,3)4/h7-10,12,16H,5-6,11H2,1-4H3,(H,20,21,23)/t16-/m1/s1. The first kappa shape index (κ1) is 16.6. The van der Waals surface area contributed by atoms with E-state index in [0.717, 1.165) is 19.4 Å². The summed E-state index contributed by atoms with van der Waals surface area (Å²) in [5.41, 5.74) is 2.63. The molecule has 2 amide bonds. The van der Waals surface area contributed by atoms with Gasteiger partial charge in [-0.05, 0) is 36.3 Å². The Labute approximate surface area is 143 Å². The zero-order valence-electron chi connectivity index (χ0n) is 14.8. The Morgan fingerprint density at radius 1 is 1.29 bits per heavy atom. The molecule has 2 heterocycles. The first-order valence-corrected chi connectivity index (χ1v) is 8.46. The minimum absolute atomic E-state index is 0.118. The van der Waals surface area contributed by atoms with Crippen LogP contribution in [0.3, 0.4) is 0 Å². The summed E-state index contributed by atoms with van der Waals surface area (Å²) in [6, 6.07) is 10.4. The number of amides is 2. The highest BCUT2D eigenvalue weighted by Crippen LogP contribution is 2.33. The molecule has 1 aromatic carbocycles. The fraction of sp³-hybridized carbons (Fsp3) is 0.474. The summed E-state index contributed by atoms with van der Waals surface area (Å²) in [5.74, 6) is 1.15. The Kier molecular flexibility index (Phi) is 4.35. The molecule has 1 N–H and O–H groups in total. The summed E-state index contributed by atoms with van der Waals surface area (Å²) >= 11 is 0. The fourth-order valence-corrected chi connectivity index (χ4v) is 3.17. The van der Waals surface area contributed by atoms with Gasteiger partial charge < -0.3 is 9.42 Å². The molecular formula is C19H25N3O2. The van der Waals surface area contributed by atoms with E-state index in [9.17, 15) is 4.79 Å². The number of hydrogen-bond donors (Lipinski definition) is 1. The maximum absolute atomic E-state index is 12.6. The first-order chi connectivity index (χ1) is 11.3. The molecule has 24 heavy (non-hydrogen) atoms. The average Bonchev–Trinajstić information content (AvgIpc) is 3.15. The van der Waals surface area contributed by atoms with Crippen LogP contribution in [-0.2, 0) is 5.41 Å². The van der Waals surface area contributed by atoms with E-state index >= 15 is 0 Å². The lowest BCUT2D eigenvalue weighted by Gasteiger charge is -2.26. The summed E-state index contributed by atoms with van der Waals surface area (Å²) in [5, 5.41) is 6.65. The van der Waals surface area contributed by atoms with Gasteiger partial charge in [0.05, 0.1) is 6.04 Å². The molecule has 0 bridgehead atoms. The van der Waals surface area contributed by atoms with E-state index < -0.39 is 0 Å². The molecule has 1 saturated heterocycles. The number of likely N-dealkylation sites (tertiary alicyclic amines) is 1. The number of rotatable bonds is 2. The zero-order chi connectivity index (χ0) is 17.3. The number of carbonyl (C=O) groups excluding carboxylic acids is 1. The molecule has 5 nitrogen and oxygen atoms in total. The van der Waals surface area contributed by atoms with Crippen LogP contribution in [-0.4, -0.2) is 22.6 Å². The van der Waals surface area contributed by atoms with Crippen molar-refractivity contribution < 1.29 is 9.32 Å². The highest BCUT2D eigenvalue weighted by atomic mass is 16.5. The van der Waals surface area contributed by atoms with Crippen molar-refractivity contribution in [3.8, 4) is 0 Å². The average molecular weight is 327 g/mol. The highest BCUT2D eigenvalue weighted by Gasteiger charge is 2.30. The molecule has 1 fully saturated rings. The fourth-order valence-electron chi connectivity index (χ4n) is 3.17. The lowest BCUT2D eigenvalue weighted by molar-refractivity contribution is 0.207. The van der Waals surface area contributed by atoms with Crippen LogP contribution in [0.2, 0.25) is 0 Å². The van der Waals surface area contributed by atoms with Gasteiger partial charge in [-0.25, -0.2) is 4.79 Å². The van der Waals surface area contributed by atoms with E-state index in [1.165, 1.54) is 11.1 Å². The van der Waals surface area contributed by atoms with Gasteiger partial charge in [0.25, 0.3) is 0 Å². The Bertz CT molecular complexity index is 713. The summed E-state index contributed by atoms with van der Waals surface area (Å²) in [6.07, 6.45) is 2.00. The zero-order valence-corrected chi connectivity index (χ0v) is 14.8. The van der Waals surface area contributed by atoms with Gasteiger partial charge >= 0.3 is 6.03 Å². The topological polar surface area (TPSA) is 58.4 Å². The van der Waals surface area contributed by atoms with Crippen molar-refractivity contribution in [2.45, 2.75) is 52.0 Å². The van der Waals surface area contributed by atoms with Crippen molar-refractivity contribution in [2.24, 2.45) is 0 Å². The van der Waals surface area contributed by atoms with Crippen molar-refractivity contribution in [3.05, 3.63) is 47.2 Å². The van der Waals surface area contributed by atoms with Crippen LogP contribution >= 0.6 is 0 Å². The summed E-state index contributed by atoms with van der Waals surface area (Å²) in [4.78, 5) is 14.5. The molecule has 1 aliphatic rings. The number of nitrogens with zero attached hydrogens (tertiary/aromatic N) is 2. The molecule has 1 aromatic heterocycles. The van der Waals surface area contributed by atoms with E-state index in [1.54, 1.807) is 13.0 Å². The number of anilines is 1. The van der Waals surface area contributed by atoms with Crippen LogP contribution < -0.4 is 5.32 Å². The van der Waals surface area contributed by atoms with E-state index in [2.05, 4.69) is 55.5 Å². The number of nitrogens with one attached hydrogen (secondary N) is 1. The maximum Gasteiger partial charge on any atom is 0.323 e. The largest absolute Gasteiger partial charge is 0.360 e. The highest BCUT2D eigenvalue weighted by molar-refractivity contribution is 5.88. The predicted octanol–water partition coefficient (Wildman–Crippen LogP) is 4.65. The molecule has 3 rings (SSSR count). The van der Waals surface area contributed by atoms with Gasteiger partial charge in [-0.2, -0.15) is 0 Å². The molecule has 0 saturated carbocycles. The van der Waals surface area contributed by atoms with Gasteiger partial charge in [0.15, 0.2) is 5.82 Å². The molecule has 1 aliphatic heterocycles. The van der Waals surface area contributed by atoms with Crippen molar-refractivity contribution in [1.29, 1.82) is 0 Å². The number of carbonyl (C=O) groups is 1. The Morgan fingerprint density at radius 2 is 2.00 bits per heavy atom. The number of aryl methyl sites for hydroxylation is 1. The van der Waals surface area contributed by atoms with Crippen molar-refractivity contribution in [3.63, 3.8) is 0 Å². The quantitative estimate of drug-likeness (QED) is 0.873. The van der Waals surface area contributed by atoms with Gasteiger partial charge in [0, 0.05) is 12.6 Å². The lowest BCUT2D eigenvalue weighted by Crippen LogP contribution is -2.34. The van der Waals surface area contributed by atoms with Crippen LogP contribution in [0.5, 0.6) is 0 Å². The third-order valence-electron chi connectivity index (χ3n) is 4.54. The molecule has 0 aliphatic carbocycles. The smallest absolute Gasteiger partial charge is 0.323 e. The first-order valence-electron chi connectivity index (χ1n) is 8.46. The number of hydrogen-bond acceptors (Lipinski definition) is 3. The number of benzene rings is 1. The molecule has 2 aromatic rings. The predicted molar refractivity (Wildman–Crippen MR) is 94.1 cm³/mol. The lowest BCUT2D eigenvalue weighted by atomic mass is 9.86. The summed E-state index contributed by atoms with van der Waals surface area (Å²) in [6.45, 7) is 9.18. The number of urea groups is 1. The summed E-state index contributed by atoms with van der Waals surface area (Å²) in [7, 11) is 0. The molecule has 0 radical (unpaired) electrons. The van der Waals surface area contributed by atoms with Gasteiger partial charge in [-0.3, -0.25) is 5.32 Å². The molecule has 5 heteroatoms. The minimum atomic E-state index is -0.120. The number of aromatic nitrogens is 1. The van der Waals surface area contributed by atoms with Crippen molar-refractivity contribution in [1.82, 2.24) is 10.1 Å². The van der Waals surface area contributed by atoms with Gasteiger partial charge in [-0.1, -0.05) is 50.2 Å². The monoisotopic (exact) mass is 327 g/mol. The van der Waals surface area contributed by atoms with Gasteiger partial charge in [-0.15, -0.1) is 0 Å². The Morgan fingerprint density at radius 3 is 2.58 bits per heavy atom. The Hall–Kier alpha value is -2.30. The second-order valence-electron chi connectivity index (χ2n) is 7.48. The van der Waals surface area contributed by atoms with E-state index in [1.807, 2.05) is 4.90 Å².